The fourth-order valence-electron chi connectivity index (χ4n) is 0.482. The lowest BCUT2D eigenvalue weighted by Crippen LogP contribution is -2.09. The second-order valence-electron chi connectivity index (χ2n) is 1.82. The number of rotatable bonds is 4. The van der Waals surface area contributed by atoms with Crippen LogP contribution >= 0.6 is 11.9 Å². The van der Waals surface area contributed by atoms with E-state index >= 15 is 0 Å². The highest BCUT2D eigenvalue weighted by Crippen LogP contribution is 1.98. The van der Waals surface area contributed by atoms with Gasteiger partial charge in [0.25, 0.3) is 0 Å². The van der Waals surface area contributed by atoms with Crippen molar-refractivity contribution in [3.8, 4) is 0 Å². The Labute approximate surface area is 72.3 Å². The van der Waals surface area contributed by atoms with Crippen LogP contribution in [0.5, 0.6) is 0 Å². The third-order valence-electron chi connectivity index (χ3n) is 0.863. The second-order valence-corrected chi connectivity index (χ2v) is 2.37. The van der Waals surface area contributed by atoms with Crippen molar-refractivity contribution in [3.63, 3.8) is 0 Å². The van der Waals surface area contributed by atoms with E-state index in [9.17, 15) is 0 Å². The molecule has 0 aromatic rings. The summed E-state index contributed by atoms with van der Waals surface area (Å²) in [4.78, 5) is 0. The van der Waals surface area contributed by atoms with E-state index in [1.165, 1.54) is 11.9 Å². The summed E-state index contributed by atoms with van der Waals surface area (Å²) in [5.41, 5.74) is 0. The van der Waals surface area contributed by atoms with Crippen molar-refractivity contribution in [2.24, 2.45) is 4.40 Å². The van der Waals surface area contributed by atoms with Gasteiger partial charge in [-0.25, -0.2) is 0 Å². The Morgan fingerprint density at radius 1 is 1.36 bits per heavy atom. The van der Waals surface area contributed by atoms with E-state index in [-0.39, 0.29) is 0 Å². The van der Waals surface area contributed by atoms with Gasteiger partial charge in [-0.1, -0.05) is 6.92 Å². The maximum atomic E-state index is 5.18. The van der Waals surface area contributed by atoms with Crippen LogP contribution in [0.3, 0.4) is 0 Å². The Hall–Kier alpha value is -0.380. The van der Waals surface area contributed by atoms with E-state index in [2.05, 4.69) is 4.40 Å². The lowest BCUT2D eigenvalue weighted by Gasteiger charge is -2.06. The fraction of sp³-hybridized carbons (Fsp3) is 0.857. The Bertz CT molecular complexity index is 117. The topological polar surface area (TPSA) is 30.8 Å². The van der Waals surface area contributed by atoms with Gasteiger partial charge in [0.05, 0.1) is 13.2 Å². The minimum Gasteiger partial charge on any atom is -0.450 e. The van der Waals surface area contributed by atoms with Crippen molar-refractivity contribution in [1.29, 1.82) is 0 Å². The van der Waals surface area contributed by atoms with Crippen LogP contribution in [0, 0.1) is 0 Å². The molecular formula is C7H15NO2S. The quantitative estimate of drug-likeness (QED) is 0.374. The molecule has 0 bridgehead atoms. The summed E-state index contributed by atoms with van der Waals surface area (Å²) >= 11 is 1.34. The summed E-state index contributed by atoms with van der Waals surface area (Å²) in [6, 6.07) is 0. The molecule has 11 heavy (non-hydrogen) atoms. The van der Waals surface area contributed by atoms with Crippen molar-refractivity contribution >= 4 is 18.0 Å². The molecule has 0 radical (unpaired) electrons. The van der Waals surface area contributed by atoms with E-state index < -0.39 is 0 Å². The maximum Gasteiger partial charge on any atom is 0.395 e. The summed E-state index contributed by atoms with van der Waals surface area (Å²) in [6.07, 6.45) is 3.23. The molecule has 0 saturated heterocycles. The average molecular weight is 177 g/mol. The van der Waals surface area contributed by atoms with E-state index in [4.69, 9.17) is 9.47 Å². The first-order valence-electron chi connectivity index (χ1n) is 3.71. The minimum absolute atomic E-state index is 0.391. The molecule has 0 N–H and O–H groups in total. The summed E-state index contributed by atoms with van der Waals surface area (Å²) in [6.45, 7) is 5.22. The van der Waals surface area contributed by atoms with Gasteiger partial charge in [-0.2, -0.15) is 0 Å². The van der Waals surface area contributed by atoms with E-state index in [0.717, 1.165) is 6.42 Å². The van der Waals surface area contributed by atoms with Crippen molar-refractivity contribution in [3.05, 3.63) is 0 Å². The van der Waals surface area contributed by atoms with E-state index in [1.54, 1.807) is 0 Å². The van der Waals surface area contributed by atoms with Gasteiger partial charge in [-0.15, -0.1) is 4.40 Å². The van der Waals surface area contributed by atoms with Crippen molar-refractivity contribution in [1.82, 2.24) is 0 Å². The normalized spacial score (nSPS) is 11.4. The molecule has 4 heteroatoms. The monoisotopic (exact) mass is 177 g/mol. The van der Waals surface area contributed by atoms with Gasteiger partial charge >= 0.3 is 6.08 Å². The number of hydrogen-bond acceptors (Lipinski definition) is 4. The van der Waals surface area contributed by atoms with Crippen LogP contribution < -0.4 is 0 Å². The zero-order valence-electron chi connectivity index (χ0n) is 7.29. The molecule has 0 aromatic carbocycles. The fourth-order valence-corrected chi connectivity index (χ4v) is 0.736. The highest BCUT2D eigenvalue weighted by atomic mass is 32.2. The molecular weight excluding hydrogens is 162 g/mol. The van der Waals surface area contributed by atoms with Crippen LogP contribution in [0.15, 0.2) is 4.40 Å². The zero-order chi connectivity index (χ0) is 8.53. The predicted molar refractivity (Wildman–Crippen MR) is 48.8 cm³/mol. The molecule has 66 valence electrons. The summed E-state index contributed by atoms with van der Waals surface area (Å²) in [7, 11) is 0. The van der Waals surface area contributed by atoms with Crippen LogP contribution in [0.2, 0.25) is 0 Å². The third-order valence-corrected chi connectivity index (χ3v) is 1.19. The van der Waals surface area contributed by atoms with Gasteiger partial charge in [0.15, 0.2) is 0 Å². The van der Waals surface area contributed by atoms with Crippen LogP contribution in [-0.4, -0.2) is 25.6 Å². The largest absolute Gasteiger partial charge is 0.450 e. The maximum absolute atomic E-state index is 5.18. The molecule has 0 spiro atoms. The first-order chi connectivity index (χ1) is 5.35. The molecule has 0 aliphatic carbocycles. The van der Waals surface area contributed by atoms with Gasteiger partial charge < -0.3 is 9.47 Å². The zero-order valence-corrected chi connectivity index (χ0v) is 8.11. The number of nitrogens with zero attached hydrogens (tertiary/aromatic N) is 1. The Balaban J connectivity index is 3.60. The summed E-state index contributed by atoms with van der Waals surface area (Å²) in [5, 5.41) is 0. The van der Waals surface area contributed by atoms with Gasteiger partial charge in [0.1, 0.15) is 0 Å². The van der Waals surface area contributed by atoms with Crippen LogP contribution in [0.1, 0.15) is 20.3 Å². The molecule has 0 aliphatic heterocycles. The average Bonchev–Trinajstić information content (AvgIpc) is 2.01. The number of ether oxygens (including phenoxy) is 2. The SMILES string of the molecule is CCCOC(=NSC)OCC. The third kappa shape index (κ3) is 6.04. The molecule has 3 nitrogen and oxygen atoms in total. The lowest BCUT2D eigenvalue weighted by molar-refractivity contribution is 0.175. The predicted octanol–water partition coefficient (Wildman–Crippen LogP) is 2.08. The van der Waals surface area contributed by atoms with Gasteiger partial charge in [-0.3, -0.25) is 0 Å². The molecule has 0 fully saturated rings. The minimum atomic E-state index is 0.391. The first kappa shape index (κ1) is 10.6. The standard InChI is InChI=1S/C7H15NO2S/c1-4-6-10-7(8-11-3)9-5-2/h4-6H2,1-3H3. The van der Waals surface area contributed by atoms with Gasteiger partial charge in [-0.05, 0) is 25.3 Å². The van der Waals surface area contributed by atoms with Crippen LogP contribution in [0.25, 0.3) is 0 Å². The molecule has 0 aromatic heterocycles. The highest BCUT2D eigenvalue weighted by molar-refractivity contribution is 7.97. The Morgan fingerprint density at radius 3 is 2.55 bits per heavy atom. The molecule has 0 rings (SSSR count). The molecule has 0 saturated carbocycles. The number of hydrogen-bond donors (Lipinski definition) is 0. The molecule has 0 aliphatic rings. The van der Waals surface area contributed by atoms with Gasteiger partial charge in [0.2, 0.25) is 0 Å². The van der Waals surface area contributed by atoms with Crippen molar-refractivity contribution < 1.29 is 9.47 Å². The summed E-state index contributed by atoms with van der Waals surface area (Å²) < 4.78 is 14.2. The highest BCUT2D eigenvalue weighted by Gasteiger charge is 1.97. The van der Waals surface area contributed by atoms with Crippen LogP contribution in [0.4, 0.5) is 0 Å². The van der Waals surface area contributed by atoms with Crippen LogP contribution in [-0.2, 0) is 9.47 Å². The smallest absolute Gasteiger partial charge is 0.395 e. The van der Waals surface area contributed by atoms with E-state index in [1.807, 2.05) is 20.1 Å². The second kappa shape index (κ2) is 7.72. The lowest BCUT2D eigenvalue weighted by atomic mass is 10.5. The molecule has 0 heterocycles. The first-order valence-corrected chi connectivity index (χ1v) is 4.90. The van der Waals surface area contributed by atoms with Crippen molar-refractivity contribution in [2.75, 3.05) is 19.5 Å². The Morgan fingerprint density at radius 2 is 2.09 bits per heavy atom. The Kier molecular flexibility index (Phi) is 7.46. The summed E-state index contributed by atoms with van der Waals surface area (Å²) in [5.74, 6) is 0. The van der Waals surface area contributed by atoms with E-state index in [0.29, 0.717) is 19.3 Å². The molecule has 0 amide bonds. The molecule has 0 unspecified atom stereocenters. The molecule has 0 atom stereocenters. The van der Waals surface area contributed by atoms with Gasteiger partial charge in [0, 0.05) is 6.26 Å². The van der Waals surface area contributed by atoms with Crippen molar-refractivity contribution in [2.45, 2.75) is 20.3 Å².